The first-order chi connectivity index (χ1) is 8.51. The number of aromatic nitrogens is 1. The first kappa shape index (κ1) is 13.1. The van der Waals surface area contributed by atoms with Crippen LogP contribution in [0, 0.1) is 5.92 Å². The maximum absolute atomic E-state index is 11.8. The van der Waals surface area contributed by atoms with E-state index in [0.29, 0.717) is 10.8 Å². The Balaban J connectivity index is 2.24. The van der Waals surface area contributed by atoms with E-state index in [1.165, 1.54) is 24.1 Å². The van der Waals surface area contributed by atoms with Gasteiger partial charge < -0.3 is 4.74 Å². The molecular formula is C11H10Cl2N2O3. The Morgan fingerprint density at radius 2 is 2.22 bits per heavy atom. The van der Waals surface area contributed by atoms with Crippen molar-refractivity contribution in [3.63, 3.8) is 0 Å². The van der Waals surface area contributed by atoms with E-state index < -0.39 is 11.9 Å². The molecule has 0 aromatic carbocycles. The largest absolute Gasteiger partial charge is 0.469 e. The van der Waals surface area contributed by atoms with Gasteiger partial charge in [0.05, 0.1) is 13.0 Å². The van der Waals surface area contributed by atoms with Gasteiger partial charge in [0, 0.05) is 18.0 Å². The summed E-state index contributed by atoms with van der Waals surface area (Å²) in [7, 11) is 1.30. The van der Waals surface area contributed by atoms with E-state index in [1.807, 2.05) is 0 Å². The van der Waals surface area contributed by atoms with E-state index >= 15 is 0 Å². The standard InChI is InChI=1S/C11H10Cl2N2O3/c1-18-11(17)6-2-10(16)15(5-6)9-4-7(12)3-8(13)14-9/h3-4,6H,2,5H2,1H3. The highest BCUT2D eigenvalue weighted by Gasteiger charge is 2.36. The van der Waals surface area contributed by atoms with E-state index in [9.17, 15) is 9.59 Å². The highest BCUT2D eigenvalue weighted by Crippen LogP contribution is 2.27. The van der Waals surface area contributed by atoms with Gasteiger partial charge in [-0.3, -0.25) is 14.5 Å². The molecule has 0 spiro atoms. The fourth-order valence-electron chi connectivity index (χ4n) is 1.84. The van der Waals surface area contributed by atoms with Crippen LogP contribution in [0.3, 0.4) is 0 Å². The van der Waals surface area contributed by atoms with E-state index in [1.54, 1.807) is 0 Å². The Hall–Kier alpha value is -1.33. The Bertz CT molecular complexity index is 487. The number of carbonyl (C=O) groups is 2. The topological polar surface area (TPSA) is 59.5 Å². The summed E-state index contributed by atoms with van der Waals surface area (Å²) in [5, 5.41) is 0.589. The van der Waals surface area contributed by atoms with E-state index in [2.05, 4.69) is 9.72 Å². The molecule has 0 aliphatic carbocycles. The molecule has 1 fully saturated rings. The summed E-state index contributed by atoms with van der Waals surface area (Å²) >= 11 is 11.6. The average Bonchev–Trinajstić information content (AvgIpc) is 2.69. The van der Waals surface area contributed by atoms with Crippen LogP contribution in [0.2, 0.25) is 10.2 Å². The first-order valence-electron chi connectivity index (χ1n) is 5.22. The lowest BCUT2D eigenvalue weighted by Gasteiger charge is -2.15. The van der Waals surface area contributed by atoms with Crippen molar-refractivity contribution in [2.75, 3.05) is 18.6 Å². The van der Waals surface area contributed by atoms with Crippen molar-refractivity contribution in [2.45, 2.75) is 6.42 Å². The van der Waals surface area contributed by atoms with Crippen LogP contribution in [0.1, 0.15) is 6.42 Å². The third-order valence-electron chi connectivity index (χ3n) is 2.68. The number of nitrogens with zero attached hydrogens (tertiary/aromatic N) is 2. The lowest BCUT2D eigenvalue weighted by atomic mass is 10.1. The molecule has 0 N–H and O–H groups in total. The summed E-state index contributed by atoms with van der Waals surface area (Å²) in [4.78, 5) is 28.6. The average molecular weight is 289 g/mol. The van der Waals surface area contributed by atoms with Crippen LogP contribution >= 0.6 is 23.2 Å². The van der Waals surface area contributed by atoms with Crippen LogP contribution in [0.25, 0.3) is 0 Å². The van der Waals surface area contributed by atoms with Gasteiger partial charge in [0.25, 0.3) is 0 Å². The number of pyridine rings is 1. The normalized spacial score (nSPS) is 19.2. The van der Waals surface area contributed by atoms with Crippen molar-refractivity contribution in [3.05, 3.63) is 22.3 Å². The number of amides is 1. The molecular weight excluding hydrogens is 279 g/mol. The number of esters is 1. The molecule has 7 heteroatoms. The zero-order chi connectivity index (χ0) is 13.3. The van der Waals surface area contributed by atoms with Gasteiger partial charge >= 0.3 is 5.97 Å². The monoisotopic (exact) mass is 288 g/mol. The van der Waals surface area contributed by atoms with Crippen molar-refractivity contribution < 1.29 is 14.3 Å². The summed E-state index contributed by atoms with van der Waals surface area (Å²) in [5.41, 5.74) is 0. The first-order valence-corrected chi connectivity index (χ1v) is 5.98. The molecule has 1 aliphatic heterocycles. The molecule has 1 amide bonds. The fourth-order valence-corrected chi connectivity index (χ4v) is 2.31. The Morgan fingerprint density at radius 1 is 1.50 bits per heavy atom. The third-order valence-corrected chi connectivity index (χ3v) is 3.09. The number of halogens is 2. The number of carbonyl (C=O) groups excluding carboxylic acids is 2. The fraction of sp³-hybridized carbons (Fsp3) is 0.364. The maximum atomic E-state index is 11.8. The number of hydrogen-bond donors (Lipinski definition) is 0. The van der Waals surface area contributed by atoms with Gasteiger partial charge in [0.15, 0.2) is 0 Å². The van der Waals surface area contributed by atoms with Gasteiger partial charge in [-0.15, -0.1) is 0 Å². The predicted molar refractivity (Wildman–Crippen MR) is 66.7 cm³/mol. The minimum absolute atomic E-state index is 0.110. The molecule has 2 heterocycles. The van der Waals surface area contributed by atoms with Gasteiger partial charge in [0.2, 0.25) is 5.91 Å². The van der Waals surface area contributed by atoms with Crippen LogP contribution < -0.4 is 4.90 Å². The molecule has 1 saturated heterocycles. The highest BCUT2D eigenvalue weighted by molar-refractivity contribution is 6.34. The van der Waals surface area contributed by atoms with Crippen molar-refractivity contribution in [3.8, 4) is 0 Å². The molecule has 0 radical (unpaired) electrons. The van der Waals surface area contributed by atoms with Crippen LogP contribution in [0.15, 0.2) is 12.1 Å². The zero-order valence-electron chi connectivity index (χ0n) is 9.52. The van der Waals surface area contributed by atoms with Gasteiger partial charge in [0.1, 0.15) is 11.0 Å². The molecule has 18 heavy (non-hydrogen) atoms. The quantitative estimate of drug-likeness (QED) is 0.616. The van der Waals surface area contributed by atoms with E-state index in [4.69, 9.17) is 23.2 Å². The molecule has 1 aromatic heterocycles. The molecule has 96 valence electrons. The minimum atomic E-state index is -0.470. The van der Waals surface area contributed by atoms with Crippen LogP contribution in [0.5, 0.6) is 0 Å². The molecule has 5 nitrogen and oxygen atoms in total. The minimum Gasteiger partial charge on any atom is -0.469 e. The number of ether oxygens (including phenoxy) is 1. The second-order valence-electron chi connectivity index (χ2n) is 3.89. The highest BCUT2D eigenvalue weighted by atomic mass is 35.5. The van der Waals surface area contributed by atoms with Crippen LogP contribution in [-0.2, 0) is 14.3 Å². The smallest absolute Gasteiger partial charge is 0.311 e. The Morgan fingerprint density at radius 3 is 2.83 bits per heavy atom. The lowest BCUT2D eigenvalue weighted by Crippen LogP contribution is -2.27. The molecule has 1 atom stereocenters. The number of methoxy groups -OCH3 is 1. The van der Waals surface area contributed by atoms with Crippen molar-refractivity contribution in [1.82, 2.24) is 4.98 Å². The van der Waals surface area contributed by atoms with Crippen molar-refractivity contribution >= 4 is 40.9 Å². The number of rotatable bonds is 2. The van der Waals surface area contributed by atoms with Crippen molar-refractivity contribution in [1.29, 1.82) is 0 Å². The van der Waals surface area contributed by atoms with Crippen LogP contribution in [-0.4, -0.2) is 30.5 Å². The predicted octanol–water partition coefficient (Wildman–Crippen LogP) is 1.91. The molecule has 0 saturated carbocycles. The molecule has 0 bridgehead atoms. The van der Waals surface area contributed by atoms with Gasteiger partial charge in [-0.25, -0.2) is 4.98 Å². The third kappa shape index (κ3) is 2.57. The summed E-state index contributed by atoms with van der Waals surface area (Å²) in [5.74, 6) is -0.721. The van der Waals surface area contributed by atoms with Gasteiger partial charge in [-0.1, -0.05) is 23.2 Å². The molecule has 1 aromatic rings. The lowest BCUT2D eigenvalue weighted by molar-refractivity contribution is -0.145. The van der Waals surface area contributed by atoms with E-state index in [0.717, 1.165) is 0 Å². The van der Waals surface area contributed by atoms with E-state index in [-0.39, 0.29) is 24.0 Å². The van der Waals surface area contributed by atoms with Gasteiger partial charge in [-0.2, -0.15) is 0 Å². The Labute approximate surface area is 114 Å². The molecule has 1 unspecified atom stereocenters. The summed E-state index contributed by atoms with van der Waals surface area (Å²) < 4.78 is 4.62. The summed E-state index contributed by atoms with van der Waals surface area (Å²) in [6.07, 6.45) is 0.110. The summed E-state index contributed by atoms with van der Waals surface area (Å²) in [6, 6.07) is 3.01. The van der Waals surface area contributed by atoms with Crippen LogP contribution in [0.4, 0.5) is 5.82 Å². The molecule has 1 aliphatic rings. The van der Waals surface area contributed by atoms with Gasteiger partial charge in [-0.05, 0) is 12.1 Å². The summed E-state index contributed by atoms with van der Waals surface area (Å²) in [6.45, 7) is 0.231. The SMILES string of the molecule is COC(=O)C1CC(=O)N(c2cc(Cl)cc(Cl)n2)C1. The maximum Gasteiger partial charge on any atom is 0.311 e. The Kier molecular flexibility index (Phi) is 3.73. The van der Waals surface area contributed by atoms with Crippen molar-refractivity contribution in [2.24, 2.45) is 5.92 Å². The number of anilines is 1. The molecule has 2 rings (SSSR count). The second-order valence-corrected chi connectivity index (χ2v) is 4.72. The number of hydrogen-bond acceptors (Lipinski definition) is 4. The second kappa shape index (κ2) is 5.12. The zero-order valence-corrected chi connectivity index (χ0v) is 11.0.